The molecule has 2 aromatic heterocycles. The average Bonchev–Trinajstić information content (AvgIpc) is 3.10. The van der Waals surface area contributed by atoms with Crippen LogP contribution in [0.4, 0.5) is 4.79 Å². The second-order valence-electron chi connectivity index (χ2n) is 4.80. The van der Waals surface area contributed by atoms with Crippen LogP contribution in [0.5, 0.6) is 5.75 Å². The molecule has 3 rings (SSSR count). The van der Waals surface area contributed by atoms with Gasteiger partial charge < -0.3 is 10.1 Å². The number of carbonyl (C=O) groups excluding carboxylic acids is 1. The molecule has 0 unspecified atom stereocenters. The van der Waals surface area contributed by atoms with Crippen LogP contribution in [-0.2, 0) is 0 Å². The van der Waals surface area contributed by atoms with Crippen molar-refractivity contribution in [2.45, 2.75) is 0 Å². The van der Waals surface area contributed by atoms with Crippen molar-refractivity contribution in [3.63, 3.8) is 0 Å². The molecule has 23 heavy (non-hydrogen) atoms. The van der Waals surface area contributed by atoms with Gasteiger partial charge in [-0.05, 0) is 24.3 Å². The van der Waals surface area contributed by atoms with Crippen molar-refractivity contribution in [3.8, 4) is 17.0 Å². The number of ether oxygens (including phenoxy) is 1. The molecule has 0 radical (unpaired) electrons. The molecule has 0 bridgehead atoms. The number of pyridine rings is 1. The van der Waals surface area contributed by atoms with E-state index >= 15 is 0 Å². The number of amides is 1. The van der Waals surface area contributed by atoms with Gasteiger partial charge in [0.1, 0.15) is 18.7 Å². The summed E-state index contributed by atoms with van der Waals surface area (Å²) in [6.07, 6.45) is 6.55. The highest BCUT2D eigenvalue weighted by Gasteiger charge is 2.07. The second-order valence-corrected chi connectivity index (χ2v) is 4.80. The lowest BCUT2D eigenvalue weighted by atomic mass is 10.2. The minimum absolute atomic E-state index is 0.246. The van der Waals surface area contributed by atoms with E-state index in [0.29, 0.717) is 18.8 Å². The number of imidazole rings is 1. The molecule has 2 heterocycles. The van der Waals surface area contributed by atoms with E-state index in [-0.39, 0.29) is 6.03 Å². The normalized spacial score (nSPS) is 10.3. The van der Waals surface area contributed by atoms with Crippen LogP contribution >= 0.6 is 0 Å². The summed E-state index contributed by atoms with van der Waals surface area (Å²) in [5, 5.41) is 2.78. The molecule has 1 aromatic carbocycles. The Labute approximate surface area is 133 Å². The highest BCUT2D eigenvalue weighted by molar-refractivity contribution is 5.77. The number of hydrogen-bond acceptors (Lipinski definition) is 4. The number of nitrogens with one attached hydrogen (secondary N) is 1. The Morgan fingerprint density at radius 1 is 1.17 bits per heavy atom. The fourth-order valence-electron chi connectivity index (χ4n) is 2.03. The highest BCUT2D eigenvalue weighted by Crippen LogP contribution is 2.14. The number of para-hydroxylation sites is 1. The number of nitrogens with zero attached hydrogens (tertiary/aromatic N) is 3. The number of carbonyl (C=O) groups is 1. The van der Waals surface area contributed by atoms with Gasteiger partial charge in [0.2, 0.25) is 0 Å². The second kappa shape index (κ2) is 7.22. The number of benzene rings is 1. The fourth-order valence-corrected chi connectivity index (χ4v) is 2.03. The highest BCUT2D eigenvalue weighted by atomic mass is 16.5. The summed E-state index contributed by atoms with van der Waals surface area (Å²) in [4.78, 5) is 20.3. The molecule has 6 nitrogen and oxygen atoms in total. The summed E-state index contributed by atoms with van der Waals surface area (Å²) in [6, 6.07) is 13.0. The first-order valence-electron chi connectivity index (χ1n) is 7.23. The van der Waals surface area contributed by atoms with Crippen LogP contribution in [0.25, 0.3) is 11.3 Å². The third kappa shape index (κ3) is 3.94. The molecule has 0 saturated carbocycles. The van der Waals surface area contributed by atoms with Crippen molar-refractivity contribution in [1.82, 2.24) is 19.9 Å². The van der Waals surface area contributed by atoms with Gasteiger partial charge in [-0.1, -0.05) is 18.2 Å². The Morgan fingerprint density at radius 3 is 2.83 bits per heavy atom. The largest absolute Gasteiger partial charge is 0.492 e. The van der Waals surface area contributed by atoms with E-state index in [2.05, 4.69) is 15.3 Å². The lowest BCUT2D eigenvalue weighted by molar-refractivity contribution is 0.238. The van der Waals surface area contributed by atoms with E-state index in [0.717, 1.165) is 11.3 Å². The van der Waals surface area contributed by atoms with Crippen molar-refractivity contribution in [2.75, 3.05) is 13.2 Å². The molecule has 0 spiro atoms. The molecule has 0 atom stereocenters. The van der Waals surface area contributed by atoms with Crippen molar-refractivity contribution >= 4 is 6.03 Å². The van der Waals surface area contributed by atoms with Crippen molar-refractivity contribution in [1.29, 1.82) is 0 Å². The summed E-state index contributed by atoms with van der Waals surface area (Å²) in [6.45, 7) is 0.814. The molecule has 0 aliphatic carbocycles. The maximum absolute atomic E-state index is 12.0. The summed E-state index contributed by atoms with van der Waals surface area (Å²) in [5.41, 5.74) is 1.57. The zero-order valence-corrected chi connectivity index (χ0v) is 12.4. The van der Waals surface area contributed by atoms with Crippen LogP contribution in [0.2, 0.25) is 0 Å². The van der Waals surface area contributed by atoms with Crippen LogP contribution < -0.4 is 10.1 Å². The Bertz CT molecular complexity index is 757. The predicted octanol–water partition coefficient (Wildman–Crippen LogP) is 2.58. The van der Waals surface area contributed by atoms with E-state index in [9.17, 15) is 4.79 Å². The topological polar surface area (TPSA) is 69.0 Å². The first kappa shape index (κ1) is 14.8. The van der Waals surface area contributed by atoms with Crippen LogP contribution in [0.15, 0.2) is 67.4 Å². The van der Waals surface area contributed by atoms with Crippen LogP contribution in [0.3, 0.4) is 0 Å². The molecular weight excluding hydrogens is 292 g/mol. The van der Waals surface area contributed by atoms with Gasteiger partial charge in [-0.2, -0.15) is 0 Å². The minimum Gasteiger partial charge on any atom is -0.492 e. The lowest BCUT2D eigenvalue weighted by Gasteiger charge is -2.07. The zero-order chi connectivity index (χ0) is 15.9. The third-order valence-electron chi connectivity index (χ3n) is 3.16. The van der Waals surface area contributed by atoms with E-state index < -0.39 is 0 Å². The fraction of sp³-hybridized carbons (Fsp3) is 0.118. The van der Waals surface area contributed by atoms with E-state index in [1.54, 1.807) is 18.6 Å². The standard InChI is InChI=1S/C17H16N4O2/c22-17(19-9-10-23-15-6-2-1-3-7-15)21-12-16(20-13-21)14-5-4-8-18-11-14/h1-8,11-13H,9-10H2,(H,19,22). The van der Waals surface area contributed by atoms with Gasteiger partial charge in [-0.15, -0.1) is 0 Å². The molecule has 0 aliphatic heterocycles. The summed E-state index contributed by atoms with van der Waals surface area (Å²) < 4.78 is 6.93. The molecule has 3 aromatic rings. The first-order chi connectivity index (χ1) is 11.3. The van der Waals surface area contributed by atoms with Gasteiger partial charge in [-0.25, -0.2) is 9.78 Å². The molecular formula is C17H16N4O2. The van der Waals surface area contributed by atoms with Gasteiger partial charge in [0.05, 0.1) is 12.2 Å². The minimum atomic E-state index is -0.246. The van der Waals surface area contributed by atoms with Gasteiger partial charge >= 0.3 is 6.03 Å². The maximum Gasteiger partial charge on any atom is 0.326 e. The average molecular weight is 308 g/mol. The predicted molar refractivity (Wildman–Crippen MR) is 86.2 cm³/mol. The Hall–Kier alpha value is -3.15. The van der Waals surface area contributed by atoms with Gasteiger partial charge in [0, 0.05) is 24.2 Å². The zero-order valence-electron chi connectivity index (χ0n) is 12.4. The van der Waals surface area contributed by atoms with Gasteiger partial charge in [0.15, 0.2) is 0 Å². The van der Waals surface area contributed by atoms with Crippen LogP contribution in [0.1, 0.15) is 0 Å². The molecule has 1 N–H and O–H groups in total. The molecule has 0 fully saturated rings. The third-order valence-corrected chi connectivity index (χ3v) is 3.16. The van der Waals surface area contributed by atoms with Crippen molar-refractivity contribution < 1.29 is 9.53 Å². The van der Waals surface area contributed by atoms with Crippen molar-refractivity contribution in [2.24, 2.45) is 0 Å². The number of hydrogen-bond donors (Lipinski definition) is 1. The monoisotopic (exact) mass is 308 g/mol. The van der Waals surface area contributed by atoms with Crippen molar-refractivity contribution in [3.05, 3.63) is 67.4 Å². The lowest BCUT2D eigenvalue weighted by Crippen LogP contribution is -2.31. The molecule has 6 heteroatoms. The van der Waals surface area contributed by atoms with Gasteiger partial charge in [-0.3, -0.25) is 9.55 Å². The van der Waals surface area contributed by atoms with E-state index in [4.69, 9.17) is 4.74 Å². The number of aromatic nitrogens is 3. The molecule has 0 aliphatic rings. The summed E-state index contributed by atoms with van der Waals surface area (Å²) in [7, 11) is 0. The Balaban J connectivity index is 1.50. The first-order valence-corrected chi connectivity index (χ1v) is 7.23. The summed E-state index contributed by atoms with van der Waals surface area (Å²) >= 11 is 0. The van der Waals surface area contributed by atoms with E-state index in [1.807, 2.05) is 42.5 Å². The molecule has 0 saturated heterocycles. The number of rotatable bonds is 5. The quantitative estimate of drug-likeness (QED) is 0.736. The van der Waals surface area contributed by atoms with Crippen LogP contribution in [0, 0.1) is 0 Å². The molecule has 116 valence electrons. The SMILES string of the molecule is O=C(NCCOc1ccccc1)n1cnc(-c2cccnc2)c1. The maximum atomic E-state index is 12.0. The Morgan fingerprint density at radius 2 is 2.04 bits per heavy atom. The smallest absolute Gasteiger partial charge is 0.326 e. The van der Waals surface area contributed by atoms with E-state index in [1.165, 1.54) is 10.9 Å². The summed E-state index contributed by atoms with van der Waals surface area (Å²) in [5.74, 6) is 0.781. The Kier molecular flexibility index (Phi) is 4.63. The van der Waals surface area contributed by atoms with Crippen LogP contribution in [-0.4, -0.2) is 33.7 Å². The molecule has 1 amide bonds. The van der Waals surface area contributed by atoms with Gasteiger partial charge in [0.25, 0.3) is 0 Å².